The van der Waals surface area contributed by atoms with Gasteiger partial charge in [-0.25, -0.2) is 9.97 Å². The van der Waals surface area contributed by atoms with Gasteiger partial charge in [-0.05, 0) is 49.9 Å². The molecule has 0 spiro atoms. The molecule has 31 heavy (non-hydrogen) atoms. The molecule has 5 nitrogen and oxygen atoms in total. The molecule has 5 rings (SSSR count). The van der Waals surface area contributed by atoms with Gasteiger partial charge in [0.2, 0.25) is 5.95 Å². The third-order valence-electron chi connectivity index (χ3n) is 6.67. The van der Waals surface area contributed by atoms with Gasteiger partial charge in [0, 0.05) is 30.6 Å². The highest BCUT2D eigenvalue weighted by atomic mass is 16.5. The molecular weight excluding hydrogens is 384 g/mol. The maximum atomic E-state index is 5.67. The van der Waals surface area contributed by atoms with Gasteiger partial charge in [-0.2, -0.15) is 0 Å². The highest BCUT2D eigenvalue weighted by Crippen LogP contribution is 2.33. The Labute approximate surface area is 185 Å². The maximum absolute atomic E-state index is 5.67. The molecule has 3 aliphatic rings. The standard InChI is InChI=1S/C26H32N4O/c1-3-19-14-20-6-4-5-7-21(20)16-22(15-19)25-23-8-10-27-11-9-24(23)28-26(29-25)30-12-13-31-17-18(30)2/h4-7,15-16,18,27H,3,8-14,17H2,1-2H3. The number of ether oxygens (including phenoxy) is 1. The fourth-order valence-electron chi connectivity index (χ4n) is 4.85. The summed E-state index contributed by atoms with van der Waals surface area (Å²) in [5.41, 5.74) is 9.01. The van der Waals surface area contributed by atoms with E-state index in [2.05, 4.69) is 60.5 Å². The van der Waals surface area contributed by atoms with E-state index in [0.717, 1.165) is 70.2 Å². The number of allylic oxidation sites excluding steroid dienone is 3. The molecule has 0 radical (unpaired) electrons. The van der Waals surface area contributed by atoms with E-state index < -0.39 is 0 Å². The molecule has 0 saturated carbocycles. The molecule has 1 aromatic heterocycles. The Hall–Kier alpha value is -2.50. The summed E-state index contributed by atoms with van der Waals surface area (Å²) in [6.45, 7) is 8.71. The first-order chi connectivity index (χ1) is 15.2. The summed E-state index contributed by atoms with van der Waals surface area (Å²) in [7, 11) is 0. The second-order valence-electron chi connectivity index (χ2n) is 8.80. The summed E-state index contributed by atoms with van der Waals surface area (Å²) < 4.78 is 5.67. The quantitative estimate of drug-likeness (QED) is 0.824. The zero-order chi connectivity index (χ0) is 21.2. The minimum atomic E-state index is 0.286. The van der Waals surface area contributed by atoms with E-state index in [1.165, 1.54) is 33.5 Å². The number of fused-ring (bicyclic) bond motifs is 2. The third kappa shape index (κ3) is 4.17. The number of hydrogen-bond acceptors (Lipinski definition) is 5. The van der Waals surface area contributed by atoms with Crippen molar-refractivity contribution in [3.05, 3.63) is 64.0 Å². The van der Waals surface area contributed by atoms with Crippen molar-refractivity contribution in [2.24, 2.45) is 0 Å². The molecule has 3 heterocycles. The highest BCUT2D eigenvalue weighted by molar-refractivity contribution is 5.89. The lowest BCUT2D eigenvalue weighted by molar-refractivity contribution is 0.0980. The zero-order valence-electron chi connectivity index (χ0n) is 18.7. The van der Waals surface area contributed by atoms with Crippen LogP contribution in [-0.2, 0) is 24.0 Å². The summed E-state index contributed by atoms with van der Waals surface area (Å²) in [5, 5.41) is 3.54. The first-order valence-corrected chi connectivity index (χ1v) is 11.7. The van der Waals surface area contributed by atoms with E-state index in [4.69, 9.17) is 14.7 Å². The Morgan fingerprint density at radius 1 is 1.13 bits per heavy atom. The average Bonchev–Trinajstić information content (AvgIpc) is 3.15. The van der Waals surface area contributed by atoms with E-state index in [9.17, 15) is 0 Å². The van der Waals surface area contributed by atoms with Crippen molar-refractivity contribution in [1.29, 1.82) is 0 Å². The number of nitrogens with zero attached hydrogens (tertiary/aromatic N) is 3. The van der Waals surface area contributed by atoms with E-state index in [1.54, 1.807) is 0 Å². The topological polar surface area (TPSA) is 50.3 Å². The van der Waals surface area contributed by atoms with Gasteiger partial charge in [-0.1, -0.05) is 42.8 Å². The Balaban J connectivity index is 1.68. The Morgan fingerprint density at radius 2 is 2.00 bits per heavy atom. The molecule has 0 amide bonds. The van der Waals surface area contributed by atoms with Crippen molar-refractivity contribution in [2.45, 2.75) is 45.6 Å². The number of morpholine rings is 1. The van der Waals surface area contributed by atoms with Crippen molar-refractivity contribution in [3.63, 3.8) is 0 Å². The molecule has 2 aromatic rings. The number of benzene rings is 1. The lowest BCUT2D eigenvalue weighted by Crippen LogP contribution is -2.44. The zero-order valence-corrected chi connectivity index (χ0v) is 18.7. The largest absolute Gasteiger partial charge is 0.377 e. The van der Waals surface area contributed by atoms with Gasteiger partial charge in [0.25, 0.3) is 0 Å². The lowest BCUT2D eigenvalue weighted by Gasteiger charge is -2.34. The van der Waals surface area contributed by atoms with Crippen molar-refractivity contribution in [2.75, 3.05) is 37.7 Å². The number of aromatic nitrogens is 2. The van der Waals surface area contributed by atoms with Crippen LogP contribution in [0.5, 0.6) is 0 Å². The van der Waals surface area contributed by atoms with Crippen molar-refractivity contribution < 1.29 is 4.74 Å². The Bertz CT molecular complexity index is 1030. The third-order valence-corrected chi connectivity index (χ3v) is 6.67. The monoisotopic (exact) mass is 416 g/mol. The summed E-state index contributed by atoms with van der Waals surface area (Å²) in [4.78, 5) is 12.6. The maximum Gasteiger partial charge on any atom is 0.226 e. The Kier molecular flexibility index (Phi) is 5.88. The van der Waals surface area contributed by atoms with Gasteiger partial charge >= 0.3 is 0 Å². The SMILES string of the molecule is CCC1=CC(c2nc(N3CCOCC3C)nc3c2CCNCC3)=Cc2ccccc2C1. The van der Waals surface area contributed by atoms with Crippen LogP contribution in [0.4, 0.5) is 5.95 Å². The molecule has 1 fully saturated rings. The van der Waals surface area contributed by atoms with E-state index in [1.807, 2.05) is 0 Å². The van der Waals surface area contributed by atoms with Crippen molar-refractivity contribution >= 4 is 17.6 Å². The van der Waals surface area contributed by atoms with Crippen LogP contribution in [0.3, 0.4) is 0 Å². The molecule has 1 aromatic carbocycles. The Morgan fingerprint density at radius 3 is 2.87 bits per heavy atom. The normalized spacial score (nSPS) is 21.4. The van der Waals surface area contributed by atoms with E-state index in [-0.39, 0.29) is 6.04 Å². The fourth-order valence-corrected chi connectivity index (χ4v) is 4.85. The number of nitrogens with one attached hydrogen (secondary N) is 1. The molecule has 162 valence electrons. The van der Waals surface area contributed by atoms with Gasteiger partial charge in [-0.3, -0.25) is 0 Å². The van der Waals surface area contributed by atoms with E-state index >= 15 is 0 Å². The molecule has 1 atom stereocenters. The van der Waals surface area contributed by atoms with Crippen LogP contribution in [0.25, 0.3) is 11.6 Å². The minimum Gasteiger partial charge on any atom is -0.377 e. The average molecular weight is 417 g/mol. The molecule has 2 aliphatic heterocycles. The van der Waals surface area contributed by atoms with Crippen LogP contribution >= 0.6 is 0 Å². The lowest BCUT2D eigenvalue weighted by atomic mass is 9.98. The summed E-state index contributed by atoms with van der Waals surface area (Å²) in [5.74, 6) is 0.858. The van der Waals surface area contributed by atoms with Crippen LogP contribution < -0.4 is 10.2 Å². The molecule has 5 heteroatoms. The number of rotatable bonds is 3. The predicted molar refractivity (Wildman–Crippen MR) is 126 cm³/mol. The fraction of sp³-hybridized carbons (Fsp3) is 0.462. The van der Waals surface area contributed by atoms with Crippen LogP contribution in [0.1, 0.15) is 48.3 Å². The molecule has 1 unspecified atom stereocenters. The van der Waals surface area contributed by atoms with Crippen LogP contribution in [-0.4, -0.2) is 48.9 Å². The minimum absolute atomic E-state index is 0.286. The smallest absolute Gasteiger partial charge is 0.226 e. The van der Waals surface area contributed by atoms with Gasteiger partial charge in [-0.15, -0.1) is 0 Å². The molecule has 1 N–H and O–H groups in total. The van der Waals surface area contributed by atoms with E-state index in [0.29, 0.717) is 0 Å². The highest BCUT2D eigenvalue weighted by Gasteiger charge is 2.26. The van der Waals surface area contributed by atoms with Crippen molar-refractivity contribution in [1.82, 2.24) is 15.3 Å². The first-order valence-electron chi connectivity index (χ1n) is 11.7. The molecule has 0 bridgehead atoms. The number of anilines is 1. The van der Waals surface area contributed by atoms with Crippen LogP contribution in [0.15, 0.2) is 35.9 Å². The van der Waals surface area contributed by atoms with Crippen LogP contribution in [0.2, 0.25) is 0 Å². The van der Waals surface area contributed by atoms with Crippen LogP contribution in [0, 0.1) is 0 Å². The summed E-state index contributed by atoms with van der Waals surface area (Å²) in [6, 6.07) is 9.05. The van der Waals surface area contributed by atoms with Gasteiger partial charge in [0.05, 0.1) is 30.6 Å². The van der Waals surface area contributed by atoms with Crippen molar-refractivity contribution in [3.8, 4) is 0 Å². The molecule has 1 aliphatic carbocycles. The second kappa shape index (κ2) is 8.93. The molecular formula is C26H32N4O. The predicted octanol–water partition coefficient (Wildman–Crippen LogP) is 3.82. The summed E-state index contributed by atoms with van der Waals surface area (Å²) in [6.07, 6.45) is 8.70. The van der Waals surface area contributed by atoms with Gasteiger partial charge in [0.1, 0.15) is 0 Å². The van der Waals surface area contributed by atoms with Gasteiger partial charge in [0.15, 0.2) is 0 Å². The first kappa shape index (κ1) is 20.4. The van der Waals surface area contributed by atoms with Gasteiger partial charge < -0.3 is 15.0 Å². The number of hydrogen-bond donors (Lipinski definition) is 1. The second-order valence-corrected chi connectivity index (χ2v) is 8.80. The summed E-state index contributed by atoms with van der Waals surface area (Å²) >= 11 is 0. The molecule has 1 saturated heterocycles.